The van der Waals surface area contributed by atoms with Gasteiger partial charge in [-0.3, -0.25) is 9.69 Å². The lowest BCUT2D eigenvalue weighted by atomic mass is 10.00. The van der Waals surface area contributed by atoms with Gasteiger partial charge in [-0.2, -0.15) is 4.98 Å². The van der Waals surface area contributed by atoms with E-state index < -0.39 is 12.0 Å². The van der Waals surface area contributed by atoms with Crippen LogP contribution in [0.5, 0.6) is 0 Å². The normalized spacial score (nSPS) is 18.9. The fourth-order valence-electron chi connectivity index (χ4n) is 2.50. The average molecular weight is 293 g/mol. The van der Waals surface area contributed by atoms with Crippen LogP contribution < -0.4 is 0 Å². The summed E-state index contributed by atoms with van der Waals surface area (Å²) in [5, 5.41) is 15.3. The molecule has 0 fully saturated rings. The topological polar surface area (TPSA) is 79.5 Å². The molecule has 0 spiro atoms. The molecule has 0 saturated carbocycles. The molecule has 0 radical (unpaired) electrons. The van der Waals surface area contributed by atoms with Crippen LogP contribution >= 0.6 is 11.3 Å². The molecule has 3 rings (SSSR count). The molecule has 0 amide bonds. The van der Waals surface area contributed by atoms with Crippen molar-refractivity contribution in [2.24, 2.45) is 0 Å². The largest absolute Gasteiger partial charge is 0.480 e. The number of aliphatic carboxylic acids is 1. The van der Waals surface area contributed by atoms with Crippen molar-refractivity contribution >= 4 is 17.3 Å². The average Bonchev–Trinajstić information content (AvgIpc) is 3.06. The molecule has 2 aromatic heterocycles. The Bertz CT molecular complexity index is 622. The summed E-state index contributed by atoms with van der Waals surface area (Å²) in [4.78, 5) is 18.9. The van der Waals surface area contributed by atoms with Crippen LogP contribution in [-0.2, 0) is 24.2 Å². The van der Waals surface area contributed by atoms with Gasteiger partial charge in [0, 0.05) is 17.8 Å². The summed E-state index contributed by atoms with van der Waals surface area (Å²) in [6.45, 7) is 3.01. The molecular formula is C13H15N3O3S. The standard InChI is InChI=1S/C13H15N3O3S/c1-2-10-14-11(19-15-10)7-16-5-3-9-8(4-6-20-9)12(16)13(17)18/h4,6,12H,2-3,5,7H2,1H3,(H,17,18). The second-order valence-electron chi connectivity index (χ2n) is 4.72. The fraction of sp³-hybridized carbons (Fsp3) is 0.462. The van der Waals surface area contributed by atoms with Gasteiger partial charge >= 0.3 is 5.97 Å². The van der Waals surface area contributed by atoms with Gasteiger partial charge in [0.1, 0.15) is 6.04 Å². The molecule has 1 aliphatic rings. The lowest BCUT2D eigenvalue weighted by Crippen LogP contribution is -2.38. The third-order valence-electron chi connectivity index (χ3n) is 3.46. The molecule has 20 heavy (non-hydrogen) atoms. The monoisotopic (exact) mass is 293 g/mol. The van der Waals surface area contributed by atoms with Crippen LogP contribution in [0.2, 0.25) is 0 Å². The van der Waals surface area contributed by atoms with Crippen molar-refractivity contribution < 1.29 is 14.4 Å². The van der Waals surface area contributed by atoms with E-state index in [2.05, 4.69) is 10.1 Å². The number of carbonyl (C=O) groups is 1. The van der Waals surface area contributed by atoms with Crippen LogP contribution in [-0.4, -0.2) is 32.7 Å². The zero-order valence-electron chi connectivity index (χ0n) is 11.1. The van der Waals surface area contributed by atoms with Crippen LogP contribution in [0.3, 0.4) is 0 Å². The molecule has 1 N–H and O–H groups in total. The predicted molar refractivity (Wildman–Crippen MR) is 72.5 cm³/mol. The number of carboxylic acid groups (broad SMARTS) is 1. The molecule has 0 aliphatic carbocycles. The number of aryl methyl sites for hydroxylation is 1. The highest BCUT2D eigenvalue weighted by molar-refractivity contribution is 7.10. The van der Waals surface area contributed by atoms with Gasteiger partial charge < -0.3 is 9.63 Å². The van der Waals surface area contributed by atoms with E-state index in [0.29, 0.717) is 31.2 Å². The Hall–Kier alpha value is -1.73. The van der Waals surface area contributed by atoms with Crippen LogP contribution in [0, 0.1) is 0 Å². The Morgan fingerprint density at radius 3 is 3.20 bits per heavy atom. The van der Waals surface area contributed by atoms with Gasteiger partial charge in [-0.1, -0.05) is 12.1 Å². The van der Waals surface area contributed by atoms with Gasteiger partial charge in [0.2, 0.25) is 5.89 Å². The summed E-state index contributed by atoms with van der Waals surface area (Å²) >= 11 is 1.62. The first-order valence-corrected chi connectivity index (χ1v) is 7.41. The zero-order chi connectivity index (χ0) is 14.1. The van der Waals surface area contributed by atoms with E-state index in [4.69, 9.17) is 4.52 Å². The highest BCUT2D eigenvalue weighted by Gasteiger charge is 2.34. The fourth-order valence-corrected chi connectivity index (χ4v) is 3.40. The van der Waals surface area contributed by atoms with Gasteiger partial charge in [0.25, 0.3) is 0 Å². The summed E-state index contributed by atoms with van der Waals surface area (Å²) in [5.41, 5.74) is 0.893. The number of rotatable bonds is 4. The summed E-state index contributed by atoms with van der Waals surface area (Å²) in [6, 6.07) is 1.28. The van der Waals surface area contributed by atoms with Gasteiger partial charge in [-0.25, -0.2) is 0 Å². The molecule has 106 valence electrons. The third kappa shape index (κ3) is 2.34. The summed E-state index contributed by atoms with van der Waals surface area (Å²) in [5.74, 6) is 0.298. The van der Waals surface area contributed by atoms with Crippen molar-refractivity contribution in [1.29, 1.82) is 0 Å². The molecule has 7 heteroatoms. The van der Waals surface area contributed by atoms with Crippen LogP contribution in [0.15, 0.2) is 16.0 Å². The molecule has 3 heterocycles. The van der Waals surface area contributed by atoms with E-state index in [-0.39, 0.29) is 0 Å². The smallest absolute Gasteiger partial charge is 0.325 e. The van der Waals surface area contributed by atoms with Gasteiger partial charge in [0.05, 0.1) is 6.54 Å². The van der Waals surface area contributed by atoms with Crippen LogP contribution in [0.1, 0.15) is 35.1 Å². The maximum absolute atomic E-state index is 11.6. The van der Waals surface area contributed by atoms with Crippen molar-refractivity contribution in [3.8, 4) is 0 Å². The van der Waals surface area contributed by atoms with E-state index in [0.717, 1.165) is 16.9 Å². The highest BCUT2D eigenvalue weighted by Crippen LogP contribution is 2.34. The lowest BCUT2D eigenvalue weighted by molar-refractivity contribution is -0.144. The van der Waals surface area contributed by atoms with Crippen molar-refractivity contribution in [2.75, 3.05) is 6.54 Å². The van der Waals surface area contributed by atoms with Gasteiger partial charge in [-0.15, -0.1) is 11.3 Å². The summed E-state index contributed by atoms with van der Waals surface area (Å²) in [7, 11) is 0. The number of aromatic nitrogens is 2. The number of carboxylic acids is 1. The first-order valence-electron chi connectivity index (χ1n) is 6.53. The number of thiophene rings is 1. The molecule has 0 saturated heterocycles. The SMILES string of the molecule is CCc1noc(CN2CCc3sccc3C2C(=O)O)n1. The van der Waals surface area contributed by atoms with Crippen molar-refractivity contribution in [1.82, 2.24) is 15.0 Å². The third-order valence-corrected chi connectivity index (χ3v) is 4.46. The maximum atomic E-state index is 11.6. The minimum Gasteiger partial charge on any atom is -0.480 e. The number of nitrogens with zero attached hydrogens (tertiary/aromatic N) is 3. The van der Waals surface area contributed by atoms with Crippen LogP contribution in [0.4, 0.5) is 0 Å². The molecule has 1 atom stereocenters. The molecule has 1 aliphatic heterocycles. The number of fused-ring (bicyclic) bond motifs is 1. The summed E-state index contributed by atoms with van der Waals surface area (Å²) < 4.78 is 5.16. The molecular weight excluding hydrogens is 278 g/mol. The molecule has 1 unspecified atom stereocenters. The van der Waals surface area contributed by atoms with Crippen molar-refractivity contribution in [3.63, 3.8) is 0 Å². The van der Waals surface area contributed by atoms with Crippen molar-refractivity contribution in [3.05, 3.63) is 33.6 Å². The molecule has 6 nitrogen and oxygen atoms in total. The highest BCUT2D eigenvalue weighted by atomic mass is 32.1. The summed E-state index contributed by atoms with van der Waals surface area (Å²) in [6.07, 6.45) is 1.58. The Morgan fingerprint density at radius 2 is 2.50 bits per heavy atom. The maximum Gasteiger partial charge on any atom is 0.325 e. The minimum absolute atomic E-state index is 0.374. The van der Waals surface area contributed by atoms with Gasteiger partial charge in [-0.05, 0) is 23.4 Å². The first-order chi connectivity index (χ1) is 9.69. The Balaban J connectivity index is 1.84. The molecule has 0 bridgehead atoms. The van der Waals surface area contributed by atoms with E-state index in [9.17, 15) is 9.90 Å². The second kappa shape index (κ2) is 5.34. The minimum atomic E-state index is -0.834. The number of hydrogen-bond acceptors (Lipinski definition) is 6. The Morgan fingerprint density at radius 1 is 1.65 bits per heavy atom. The second-order valence-corrected chi connectivity index (χ2v) is 5.72. The molecule has 2 aromatic rings. The molecule has 0 aromatic carbocycles. The van der Waals surface area contributed by atoms with E-state index in [1.54, 1.807) is 11.3 Å². The Kier molecular flexibility index (Phi) is 3.54. The zero-order valence-corrected chi connectivity index (χ0v) is 11.9. The lowest BCUT2D eigenvalue weighted by Gasteiger charge is -2.31. The Labute approximate surface area is 120 Å². The van der Waals surface area contributed by atoms with E-state index in [1.807, 2.05) is 23.3 Å². The van der Waals surface area contributed by atoms with Crippen molar-refractivity contribution in [2.45, 2.75) is 32.4 Å². The predicted octanol–water partition coefficient (Wildman–Crippen LogP) is 1.88. The first kappa shape index (κ1) is 13.3. The van der Waals surface area contributed by atoms with E-state index in [1.165, 1.54) is 0 Å². The van der Waals surface area contributed by atoms with E-state index >= 15 is 0 Å². The van der Waals surface area contributed by atoms with Gasteiger partial charge in [0.15, 0.2) is 5.82 Å². The number of hydrogen-bond donors (Lipinski definition) is 1. The quantitative estimate of drug-likeness (QED) is 0.927. The van der Waals surface area contributed by atoms with Crippen LogP contribution in [0.25, 0.3) is 0 Å².